The third-order valence-electron chi connectivity index (χ3n) is 3.87. The minimum absolute atomic E-state index is 0.00718. The summed E-state index contributed by atoms with van der Waals surface area (Å²) in [6, 6.07) is 6.66. The third-order valence-corrected chi connectivity index (χ3v) is 3.87. The Kier molecular flexibility index (Phi) is 3.26. The fourth-order valence-electron chi connectivity index (χ4n) is 2.69. The molecule has 0 aliphatic carbocycles. The average molecular weight is 316 g/mol. The first-order valence-electron chi connectivity index (χ1n) is 6.71. The van der Waals surface area contributed by atoms with Crippen molar-refractivity contribution in [2.45, 2.75) is 12.0 Å². The van der Waals surface area contributed by atoms with Gasteiger partial charge in [-0.3, -0.25) is 19.7 Å². The predicted octanol–water partition coefficient (Wildman–Crippen LogP) is 1.62. The molecule has 0 spiro atoms. The van der Waals surface area contributed by atoms with Crippen LogP contribution >= 0.6 is 0 Å². The van der Waals surface area contributed by atoms with E-state index in [2.05, 4.69) is 0 Å². The van der Waals surface area contributed by atoms with E-state index in [1.54, 1.807) is 0 Å². The maximum atomic E-state index is 12.4. The van der Waals surface area contributed by atoms with E-state index >= 15 is 0 Å². The van der Waals surface area contributed by atoms with Crippen LogP contribution in [0.25, 0.3) is 0 Å². The number of benzene rings is 1. The van der Waals surface area contributed by atoms with Crippen LogP contribution in [-0.4, -0.2) is 28.8 Å². The molecule has 23 heavy (non-hydrogen) atoms. The van der Waals surface area contributed by atoms with Crippen molar-refractivity contribution in [1.82, 2.24) is 0 Å². The van der Waals surface area contributed by atoms with Gasteiger partial charge in [-0.05, 0) is 18.2 Å². The minimum atomic E-state index is -2.15. The number of Topliss-reactive ketones (excluding diaryl/α,β-unsaturated/α-hetero) is 1. The molecule has 0 bridgehead atoms. The number of fused-ring (bicyclic) bond motifs is 1. The van der Waals surface area contributed by atoms with Crippen molar-refractivity contribution >= 4 is 23.1 Å². The Morgan fingerprint density at radius 3 is 2.78 bits per heavy atom. The van der Waals surface area contributed by atoms with Crippen LogP contribution in [0.2, 0.25) is 0 Å². The van der Waals surface area contributed by atoms with Gasteiger partial charge in [0.15, 0.2) is 11.4 Å². The number of carbonyl (C=O) groups excluding carboxylic acids is 2. The van der Waals surface area contributed by atoms with Gasteiger partial charge in [0.05, 0.1) is 23.3 Å². The second-order valence-corrected chi connectivity index (χ2v) is 5.26. The Morgan fingerprint density at radius 2 is 2.17 bits per heavy atom. The first kappa shape index (κ1) is 14.9. The van der Waals surface area contributed by atoms with Gasteiger partial charge in [-0.15, -0.1) is 0 Å². The van der Waals surface area contributed by atoms with Crippen LogP contribution in [0.4, 0.5) is 11.4 Å². The Balaban J connectivity index is 2.05. The Morgan fingerprint density at radius 1 is 1.43 bits per heavy atom. The van der Waals surface area contributed by atoms with E-state index in [4.69, 9.17) is 4.42 Å². The van der Waals surface area contributed by atoms with E-state index in [0.717, 1.165) is 6.07 Å². The molecule has 3 rings (SSSR count). The third kappa shape index (κ3) is 2.20. The van der Waals surface area contributed by atoms with E-state index in [-0.39, 0.29) is 17.0 Å². The minimum Gasteiger partial charge on any atom is -0.461 e. The number of likely N-dealkylation sites (N-methyl/N-ethyl adjacent to an activating group) is 1. The van der Waals surface area contributed by atoms with Crippen molar-refractivity contribution in [3.05, 3.63) is 58.0 Å². The van der Waals surface area contributed by atoms with Crippen LogP contribution in [0.3, 0.4) is 0 Å². The molecule has 0 saturated heterocycles. The summed E-state index contributed by atoms with van der Waals surface area (Å²) in [7, 11) is 1.43. The number of nitro benzene ring substituents is 1. The summed E-state index contributed by atoms with van der Waals surface area (Å²) in [5.41, 5.74) is -2.05. The lowest BCUT2D eigenvalue weighted by atomic mass is 9.89. The lowest BCUT2D eigenvalue weighted by molar-refractivity contribution is -0.385. The van der Waals surface area contributed by atoms with Gasteiger partial charge >= 0.3 is 0 Å². The summed E-state index contributed by atoms with van der Waals surface area (Å²) >= 11 is 0. The molecule has 0 fully saturated rings. The van der Waals surface area contributed by atoms with Gasteiger partial charge in [0, 0.05) is 24.7 Å². The van der Waals surface area contributed by atoms with E-state index in [0.29, 0.717) is 5.69 Å². The molecule has 1 amide bonds. The number of nitrogens with zero attached hydrogens (tertiary/aromatic N) is 2. The quantitative estimate of drug-likeness (QED) is 0.521. The number of aliphatic hydroxyl groups is 1. The predicted molar refractivity (Wildman–Crippen MR) is 78.1 cm³/mol. The van der Waals surface area contributed by atoms with Gasteiger partial charge in [0.2, 0.25) is 5.78 Å². The highest BCUT2D eigenvalue weighted by Gasteiger charge is 2.50. The molecule has 0 unspecified atom stereocenters. The Labute approximate surface area is 130 Å². The molecule has 118 valence electrons. The number of amides is 1. The molecule has 1 aliphatic rings. The molecule has 1 atom stereocenters. The molecule has 1 aliphatic heterocycles. The van der Waals surface area contributed by atoms with Crippen molar-refractivity contribution in [3.8, 4) is 0 Å². The van der Waals surface area contributed by atoms with Gasteiger partial charge < -0.3 is 14.4 Å². The zero-order valence-electron chi connectivity index (χ0n) is 12.1. The second kappa shape index (κ2) is 5.03. The normalized spacial score (nSPS) is 19.7. The van der Waals surface area contributed by atoms with Crippen LogP contribution in [-0.2, 0) is 10.4 Å². The molecule has 0 radical (unpaired) electrons. The maximum absolute atomic E-state index is 12.4. The Bertz CT molecular complexity index is 813. The van der Waals surface area contributed by atoms with Gasteiger partial charge in [0.25, 0.3) is 11.6 Å². The monoisotopic (exact) mass is 316 g/mol. The van der Waals surface area contributed by atoms with Crippen LogP contribution < -0.4 is 4.90 Å². The zero-order chi connectivity index (χ0) is 16.8. The SMILES string of the molecule is CN1C(=O)[C@](O)(CC(=O)c2ccco2)c2cc([N+](=O)[O-])ccc21. The van der Waals surface area contributed by atoms with E-state index in [1.165, 1.54) is 42.5 Å². The topological polar surface area (TPSA) is 114 Å². The lowest BCUT2D eigenvalue weighted by Crippen LogP contribution is -2.40. The van der Waals surface area contributed by atoms with Crippen LogP contribution in [0.1, 0.15) is 22.5 Å². The van der Waals surface area contributed by atoms with Gasteiger partial charge in [-0.1, -0.05) is 0 Å². The van der Waals surface area contributed by atoms with E-state index in [1.807, 2.05) is 0 Å². The van der Waals surface area contributed by atoms with Gasteiger partial charge in [-0.2, -0.15) is 0 Å². The molecule has 2 heterocycles. The number of anilines is 1. The molecule has 0 saturated carbocycles. The Hall–Kier alpha value is -3.00. The highest BCUT2D eigenvalue weighted by molar-refractivity contribution is 6.10. The zero-order valence-corrected chi connectivity index (χ0v) is 12.1. The lowest BCUT2D eigenvalue weighted by Gasteiger charge is -2.20. The largest absolute Gasteiger partial charge is 0.461 e. The van der Waals surface area contributed by atoms with Crippen molar-refractivity contribution < 1.29 is 24.0 Å². The number of ketones is 1. The highest BCUT2D eigenvalue weighted by Crippen LogP contribution is 2.43. The standard InChI is InChI=1S/C15H12N2O6/c1-16-11-5-4-9(17(21)22)7-10(11)15(20,14(16)19)8-12(18)13-3-2-6-23-13/h2-7,20H,8H2,1H3/t15-/m0/s1. The number of hydrogen-bond donors (Lipinski definition) is 1. The number of hydrogen-bond acceptors (Lipinski definition) is 6. The smallest absolute Gasteiger partial charge is 0.269 e. The second-order valence-electron chi connectivity index (χ2n) is 5.26. The van der Waals surface area contributed by atoms with Crippen molar-refractivity contribution in [2.75, 3.05) is 11.9 Å². The van der Waals surface area contributed by atoms with E-state index in [9.17, 15) is 24.8 Å². The van der Waals surface area contributed by atoms with Crippen molar-refractivity contribution in [3.63, 3.8) is 0 Å². The number of carbonyl (C=O) groups is 2. The average Bonchev–Trinajstić information content (AvgIpc) is 3.11. The van der Waals surface area contributed by atoms with Crippen LogP contribution in [0, 0.1) is 10.1 Å². The fraction of sp³-hybridized carbons (Fsp3) is 0.200. The summed E-state index contributed by atoms with van der Waals surface area (Å²) in [6.45, 7) is 0. The molecule has 8 heteroatoms. The van der Waals surface area contributed by atoms with Crippen LogP contribution in [0.15, 0.2) is 41.0 Å². The number of non-ortho nitro benzene ring substituents is 1. The number of rotatable bonds is 4. The van der Waals surface area contributed by atoms with Crippen molar-refractivity contribution in [2.24, 2.45) is 0 Å². The van der Waals surface area contributed by atoms with E-state index < -0.39 is 28.6 Å². The summed E-state index contributed by atoms with van der Waals surface area (Å²) in [5, 5.41) is 21.7. The molecule has 1 N–H and O–H groups in total. The highest BCUT2D eigenvalue weighted by atomic mass is 16.6. The molecule has 2 aromatic rings. The number of furan rings is 1. The summed E-state index contributed by atoms with van der Waals surface area (Å²) in [6.07, 6.45) is 0.747. The molecular weight excluding hydrogens is 304 g/mol. The first-order chi connectivity index (χ1) is 10.8. The number of nitro groups is 1. The van der Waals surface area contributed by atoms with Gasteiger partial charge in [-0.25, -0.2) is 0 Å². The summed E-state index contributed by atoms with van der Waals surface area (Å²) in [5.74, 6) is -1.28. The summed E-state index contributed by atoms with van der Waals surface area (Å²) in [4.78, 5) is 36.1. The maximum Gasteiger partial charge on any atom is 0.269 e. The molecule has 1 aromatic heterocycles. The van der Waals surface area contributed by atoms with Gasteiger partial charge in [0.1, 0.15) is 0 Å². The van der Waals surface area contributed by atoms with Crippen LogP contribution in [0.5, 0.6) is 0 Å². The first-order valence-corrected chi connectivity index (χ1v) is 6.71. The summed E-state index contributed by atoms with van der Waals surface area (Å²) < 4.78 is 4.97. The fourth-order valence-corrected chi connectivity index (χ4v) is 2.69. The van der Waals surface area contributed by atoms with Crippen molar-refractivity contribution in [1.29, 1.82) is 0 Å². The molecule has 8 nitrogen and oxygen atoms in total. The molecule has 1 aromatic carbocycles. The molecular formula is C15H12N2O6.